The highest BCUT2D eigenvalue weighted by molar-refractivity contribution is 7.85. The van der Waals surface area contributed by atoms with E-state index in [1.165, 1.54) is 0 Å². The number of hydrogen-bond acceptors (Lipinski definition) is 3. The number of aryl methyl sites for hydroxylation is 1. The maximum absolute atomic E-state index is 10.6. The van der Waals surface area contributed by atoms with Crippen LogP contribution in [-0.4, -0.2) is 18.7 Å². The van der Waals surface area contributed by atoms with Gasteiger partial charge in [-0.3, -0.25) is 4.55 Å². The second-order valence-electron chi connectivity index (χ2n) is 4.10. The van der Waals surface area contributed by atoms with Crippen LogP contribution >= 0.6 is 0 Å². The van der Waals surface area contributed by atoms with Crippen LogP contribution in [0.5, 0.6) is 11.5 Å². The Labute approximate surface area is 112 Å². The maximum atomic E-state index is 10.6. The number of rotatable bonds is 5. The highest BCUT2D eigenvalue weighted by atomic mass is 32.2. The van der Waals surface area contributed by atoms with E-state index >= 15 is 0 Å². The van der Waals surface area contributed by atoms with E-state index in [1.54, 1.807) is 24.3 Å². The monoisotopic (exact) mass is 278 g/mol. The third-order valence-electron chi connectivity index (χ3n) is 2.55. The first-order valence-electron chi connectivity index (χ1n) is 5.80. The van der Waals surface area contributed by atoms with E-state index in [0.29, 0.717) is 5.75 Å². The molecule has 4 nitrogen and oxygen atoms in total. The van der Waals surface area contributed by atoms with Gasteiger partial charge in [-0.15, -0.1) is 0 Å². The molecule has 100 valence electrons. The van der Waals surface area contributed by atoms with Crippen LogP contribution < -0.4 is 4.74 Å². The van der Waals surface area contributed by atoms with E-state index in [2.05, 4.69) is 0 Å². The summed E-state index contributed by atoms with van der Waals surface area (Å²) in [5, 5.41) is 0. The highest BCUT2D eigenvalue weighted by Crippen LogP contribution is 2.21. The number of ether oxygens (including phenoxy) is 1. The van der Waals surface area contributed by atoms with Crippen molar-refractivity contribution in [1.29, 1.82) is 0 Å². The summed E-state index contributed by atoms with van der Waals surface area (Å²) < 4.78 is 35.6. The molecule has 0 aliphatic carbocycles. The Kier molecular flexibility index (Phi) is 4.19. The molecule has 0 unspecified atom stereocenters. The van der Waals surface area contributed by atoms with E-state index < -0.39 is 10.1 Å². The SMILES string of the molecule is O=S(=O)(O)CCc1ccc(Oc2ccccc2)cc1. The minimum atomic E-state index is -3.91. The summed E-state index contributed by atoms with van der Waals surface area (Å²) >= 11 is 0. The van der Waals surface area contributed by atoms with Gasteiger partial charge < -0.3 is 4.74 Å². The molecule has 0 aliphatic rings. The van der Waals surface area contributed by atoms with Crippen LogP contribution in [0.25, 0.3) is 0 Å². The van der Waals surface area contributed by atoms with Gasteiger partial charge in [-0.1, -0.05) is 30.3 Å². The summed E-state index contributed by atoms with van der Waals surface area (Å²) in [5.74, 6) is 1.15. The van der Waals surface area contributed by atoms with Crippen molar-refractivity contribution in [3.8, 4) is 11.5 Å². The van der Waals surface area contributed by atoms with Crippen LogP contribution in [0.1, 0.15) is 5.56 Å². The lowest BCUT2D eigenvalue weighted by molar-refractivity contribution is 0.482. The van der Waals surface area contributed by atoms with Gasteiger partial charge in [-0.05, 0) is 36.2 Å². The Hall–Kier alpha value is -1.85. The molecule has 0 spiro atoms. The molecule has 2 rings (SSSR count). The Morgan fingerprint density at radius 2 is 1.47 bits per heavy atom. The fraction of sp³-hybridized carbons (Fsp3) is 0.143. The van der Waals surface area contributed by atoms with Crippen LogP contribution in [0.3, 0.4) is 0 Å². The molecule has 0 saturated heterocycles. The Bertz CT molecular complexity index is 618. The average Bonchev–Trinajstić information content (AvgIpc) is 2.38. The molecule has 2 aromatic rings. The third kappa shape index (κ3) is 4.73. The van der Waals surface area contributed by atoms with Crippen molar-refractivity contribution >= 4 is 10.1 Å². The molecule has 0 bridgehead atoms. The van der Waals surface area contributed by atoms with Gasteiger partial charge in [0.1, 0.15) is 11.5 Å². The van der Waals surface area contributed by atoms with Gasteiger partial charge in [-0.2, -0.15) is 8.42 Å². The van der Waals surface area contributed by atoms with Crippen molar-refractivity contribution < 1.29 is 17.7 Å². The Morgan fingerprint density at radius 1 is 0.895 bits per heavy atom. The minimum absolute atomic E-state index is 0.272. The Morgan fingerprint density at radius 3 is 2.05 bits per heavy atom. The Balaban J connectivity index is 1.99. The summed E-state index contributed by atoms with van der Waals surface area (Å²) in [4.78, 5) is 0. The van der Waals surface area contributed by atoms with Gasteiger partial charge in [0.05, 0.1) is 5.75 Å². The molecule has 2 aromatic carbocycles. The fourth-order valence-corrected chi connectivity index (χ4v) is 2.09. The van der Waals surface area contributed by atoms with E-state index in [1.807, 2.05) is 30.3 Å². The van der Waals surface area contributed by atoms with E-state index in [-0.39, 0.29) is 12.2 Å². The first-order valence-corrected chi connectivity index (χ1v) is 7.41. The van der Waals surface area contributed by atoms with Crippen molar-refractivity contribution in [3.05, 3.63) is 60.2 Å². The highest BCUT2D eigenvalue weighted by Gasteiger charge is 2.05. The summed E-state index contributed by atoms with van der Waals surface area (Å²) in [6.07, 6.45) is 0.282. The lowest BCUT2D eigenvalue weighted by Gasteiger charge is -2.06. The molecule has 0 fully saturated rings. The van der Waals surface area contributed by atoms with Gasteiger partial charge in [0.2, 0.25) is 0 Å². The molecular formula is C14H14O4S. The first kappa shape index (κ1) is 13.6. The van der Waals surface area contributed by atoms with Crippen molar-refractivity contribution in [2.75, 3.05) is 5.75 Å². The average molecular weight is 278 g/mol. The van der Waals surface area contributed by atoms with Gasteiger partial charge in [0, 0.05) is 0 Å². The molecule has 0 aromatic heterocycles. The molecule has 1 N–H and O–H groups in total. The number of hydrogen-bond donors (Lipinski definition) is 1. The molecule has 19 heavy (non-hydrogen) atoms. The standard InChI is InChI=1S/C14H14O4S/c15-19(16,17)11-10-12-6-8-14(9-7-12)18-13-4-2-1-3-5-13/h1-9H,10-11H2,(H,15,16,17). The van der Waals surface area contributed by atoms with E-state index in [4.69, 9.17) is 9.29 Å². The lowest BCUT2D eigenvalue weighted by atomic mass is 10.2. The third-order valence-corrected chi connectivity index (χ3v) is 3.27. The summed E-state index contributed by atoms with van der Waals surface area (Å²) in [6.45, 7) is 0. The number of para-hydroxylation sites is 1. The second-order valence-corrected chi connectivity index (χ2v) is 5.67. The van der Waals surface area contributed by atoms with Crippen molar-refractivity contribution in [2.24, 2.45) is 0 Å². The quantitative estimate of drug-likeness (QED) is 0.854. The summed E-state index contributed by atoms with van der Waals surface area (Å²) in [7, 11) is -3.91. The van der Waals surface area contributed by atoms with Crippen LogP contribution in [0, 0.1) is 0 Å². The molecular weight excluding hydrogens is 264 g/mol. The van der Waals surface area contributed by atoms with E-state index in [0.717, 1.165) is 11.3 Å². The molecule has 0 heterocycles. The zero-order valence-corrected chi connectivity index (χ0v) is 11.0. The predicted molar refractivity (Wildman–Crippen MR) is 73.1 cm³/mol. The zero-order valence-electron chi connectivity index (χ0n) is 10.2. The molecule has 0 amide bonds. The largest absolute Gasteiger partial charge is 0.457 e. The van der Waals surface area contributed by atoms with Crippen LogP contribution in [-0.2, 0) is 16.5 Å². The smallest absolute Gasteiger partial charge is 0.265 e. The zero-order chi connectivity index (χ0) is 13.7. The van der Waals surface area contributed by atoms with Gasteiger partial charge in [0.15, 0.2) is 0 Å². The van der Waals surface area contributed by atoms with Crippen molar-refractivity contribution in [3.63, 3.8) is 0 Å². The van der Waals surface area contributed by atoms with Crippen LogP contribution in [0.4, 0.5) is 0 Å². The summed E-state index contributed by atoms with van der Waals surface area (Å²) in [6, 6.07) is 16.5. The number of benzene rings is 2. The summed E-state index contributed by atoms with van der Waals surface area (Å²) in [5.41, 5.74) is 0.832. The molecule has 5 heteroatoms. The maximum Gasteiger partial charge on any atom is 0.265 e. The molecule has 0 radical (unpaired) electrons. The van der Waals surface area contributed by atoms with Crippen LogP contribution in [0.15, 0.2) is 54.6 Å². The predicted octanol–water partition coefficient (Wildman–Crippen LogP) is 2.91. The fourth-order valence-electron chi connectivity index (χ4n) is 1.60. The van der Waals surface area contributed by atoms with Gasteiger partial charge in [0.25, 0.3) is 10.1 Å². The van der Waals surface area contributed by atoms with Crippen LogP contribution in [0.2, 0.25) is 0 Å². The normalized spacial score (nSPS) is 11.2. The second kappa shape index (κ2) is 5.86. The molecule has 0 atom stereocenters. The van der Waals surface area contributed by atoms with Gasteiger partial charge in [-0.25, -0.2) is 0 Å². The minimum Gasteiger partial charge on any atom is -0.457 e. The first-order chi connectivity index (χ1) is 9.03. The topological polar surface area (TPSA) is 63.6 Å². The molecule has 0 aliphatic heterocycles. The van der Waals surface area contributed by atoms with E-state index in [9.17, 15) is 8.42 Å². The lowest BCUT2D eigenvalue weighted by Crippen LogP contribution is -2.06. The van der Waals surface area contributed by atoms with Crippen molar-refractivity contribution in [1.82, 2.24) is 0 Å². The van der Waals surface area contributed by atoms with Gasteiger partial charge >= 0.3 is 0 Å². The van der Waals surface area contributed by atoms with Crippen molar-refractivity contribution in [2.45, 2.75) is 6.42 Å². The molecule has 0 saturated carbocycles.